The molecule has 2 heterocycles. The Kier molecular flexibility index (Phi) is 3.90. The number of benzene rings is 1. The van der Waals surface area contributed by atoms with Crippen LogP contribution in [0, 0.1) is 0 Å². The van der Waals surface area contributed by atoms with E-state index in [9.17, 15) is 4.79 Å². The van der Waals surface area contributed by atoms with Crippen molar-refractivity contribution in [2.75, 3.05) is 24.6 Å². The minimum Gasteiger partial charge on any atom is -0.461 e. The number of hydrogen-bond acceptors (Lipinski definition) is 5. The predicted octanol–water partition coefficient (Wildman–Crippen LogP) is 3.12. The van der Waals surface area contributed by atoms with Gasteiger partial charge in [0.05, 0.1) is 6.61 Å². The zero-order chi connectivity index (χ0) is 14.7. The van der Waals surface area contributed by atoms with Crippen LogP contribution in [-0.2, 0) is 4.74 Å². The third-order valence-corrected chi connectivity index (χ3v) is 3.57. The molecule has 5 nitrogen and oxygen atoms in total. The van der Waals surface area contributed by atoms with E-state index in [0.717, 1.165) is 18.7 Å². The van der Waals surface area contributed by atoms with Crippen molar-refractivity contribution >= 4 is 11.7 Å². The number of aromatic nitrogens is 1. The first kappa shape index (κ1) is 13.7. The summed E-state index contributed by atoms with van der Waals surface area (Å²) < 4.78 is 10.3. The van der Waals surface area contributed by atoms with Gasteiger partial charge in [0.25, 0.3) is 0 Å². The lowest BCUT2D eigenvalue weighted by molar-refractivity contribution is 0.0519. The van der Waals surface area contributed by atoms with Gasteiger partial charge in [-0.15, -0.1) is 0 Å². The summed E-state index contributed by atoms with van der Waals surface area (Å²) in [6.07, 6.45) is 3.84. The van der Waals surface area contributed by atoms with E-state index in [2.05, 4.69) is 22.0 Å². The molecule has 0 bridgehead atoms. The van der Waals surface area contributed by atoms with E-state index in [0.29, 0.717) is 12.5 Å². The van der Waals surface area contributed by atoms with Crippen LogP contribution in [0.25, 0.3) is 11.5 Å². The first-order chi connectivity index (χ1) is 10.3. The van der Waals surface area contributed by atoms with Crippen molar-refractivity contribution in [1.29, 1.82) is 0 Å². The smallest absolute Gasteiger partial charge is 0.360 e. The van der Waals surface area contributed by atoms with Gasteiger partial charge in [-0.1, -0.05) is 0 Å². The molecule has 0 unspecified atom stereocenters. The Hall–Kier alpha value is -2.30. The zero-order valence-corrected chi connectivity index (χ0v) is 12.0. The molecule has 1 saturated heterocycles. The van der Waals surface area contributed by atoms with Crippen LogP contribution < -0.4 is 4.90 Å². The summed E-state index contributed by atoms with van der Waals surface area (Å²) >= 11 is 0. The molecule has 0 aliphatic carbocycles. The average Bonchev–Trinajstić information content (AvgIpc) is 3.19. The van der Waals surface area contributed by atoms with E-state index in [4.69, 9.17) is 9.15 Å². The van der Waals surface area contributed by atoms with Crippen LogP contribution in [0.1, 0.15) is 30.3 Å². The summed E-state index contributed by atoms with van der Waals surface area (Å²) in [4.78, 5) is 18.1. The zero-order valence-electron chi connectivity index (χ0n) is 12.0. The van der Waals surface area contributed by atoms with E-state index < -0.39 is 5.97 Å². The fourth-order valence-corrected chi connectivity index (χ4v) is 2.50. The van der Waals surface area contributed by atoms with Crippen molar-refractivity contribution in [3.05, 3.63) is 36.2 Å². The molecule has 1 fully saturated rings. The molecule has 0 saturated carbocycles. The number of rotatable bonds is 4. The highest BCUT2D eigenvalue weighted by molar-refractivity contribution is 5.87. The maximum atomic E-state index is 11.6. The number of hydrogen-bond donors (Lipinski definition) is 0. The van der Waals surface area contributed by atoms with E-state index in [1.807, 2.05) is 12.1 Å². The molecule has 5 heteroatoms. The number of carbonyl (C=O) groups is 1. The van der Waals surface area contributed by atoms with Gasteiger partial charge in [0.15, 0.2) is 5.69 Å². The molecule has 1 aliphatic heterocycles. The van der Waals surface area contributed by atoms with E-state index in [-0.39, 0.29) is 5.69 Å². The first-order valence-electron chi connectivity index (χ1n) is 7.26. The Morgan fingerprint density at radius 3 is 2.67 bits per heavy atom. The molecule has 0 N–H and O–H groups in total. The van der Waals surface area contributed by atoms with Crippen molar-refractivity contribution < 1.29 is 13.9 Å². The first-order valence-corrected chi connectivity index (χ1v) is 7.26. The normalized spacial score (nSPS) is 14.4. The highest BCUT2D eigenvalue weighted by Gasteiger charge is 2.15. The molecule has 1 aromatic carbocycles. The molecular formula is C16H18N2O3. The van der Waals surface area contributed by atoms with E-state index >= 15 is 0 Å². The van der Waals surface area contributed by atoms with Gasteiger partial charge in [-0.25, -0.2) is 9.78 Å². The summed E-state index contributed by atoms with van der Waals surface area (Å²) in [5.74, 6) is -0.0211. The fraction of sp³-hybridized carbons (Fsp3) is 0.375. The van der Waals surface area contributed by atoms with Crippen LogP contribution in [0.3, 0.4) is 0 Å². The highest BCUT2D eigenvalue weighted by Crippen LogP contribution is 2.25. The Morgan fingerprint density at radius 2 is 2.00 bits per heavy atom. The molecule has 0 spiro atoms. The Labute approximate surface area is 123 Å². The number of carbonyl (C=O) groups excluding carboxylic acids is 1. The van der Waals surface area contributed by atoms with E-state index in [1.165, 1.54) is 24.8 Å². The van der Waals surface area contributed by atoms with Gasteiger partial charge in [-0.3, -0.25) is 0 Å². The topological polar surface area (TPSA) is 55.6 Å². The average molecular weight is 286 g/mol. The molecule has 0 amide bonds. The van der Waals surface area contributed by atoms with Gasteiger partial charge >= 0.3 is 5.97 Å². The van der Waals surface area contributed by atoms with Crippen LogP contribution in [0.2, 0.25) is 0 Å². The van der Waals surface area contributed by atoms with Crippen LogP contribution >= 0.6 is 0 Å². The standard InChI is InChI=1S/C16H18N2O3/c1-2-20-16(19)14-11-21-15(17-14)12-5-7-13(8-6-12)18-9-3-4-10-18/h5-8,11H,2-4,9-10H2,1H3. The summed E-state index contributed by atoms with van der Waals surface area (Å²) in [6, 6.07) is 8.06. The summed E-state index contributed by atoms with van der Waals surface area (Å²) in [5.41, 5.74) is 2.28. The molecule has 21 heavy (non-hydrogen) atoms. The molecule has 2 aromatic rings. The Morgan fingerprint density at radius 1 is 1.29 bits per heavy atom. The lowest BCUT2D eigenvalue weighted by atomic mass is 10.2. The van der Waals surface area contributed by atoms with Crippen molar-refractivity contribution in [3.8, 4) is 11.5 Å². The lowest BCUT2D eigenvalue weighted by Crippen LogP contribution is -2.17. The van der Waals surface area contributed by atoms with E-state index in [1.54, 1.807) is 6.92 Å². The summed E-state index contributed by atoms with van der Waals surface area (Å²) in [7, 11) is 0. The quantitative estimate of drug-likeness (QED) is 0.808. The lowest BCUT2D eigenvalue weighted by Gasteiger charge is -2.17. The summed E-state index contributed by atoms with van der Waals surface area (Å²) in [6.45, 7) is 4.32. The minimum absolute atomic E-state index is 0.204. The van der Waals surface area contributed by atoms with Crippen LogP contribution in [0.4, 0.5) is 5.69 Å². The van der Waals surface area contributed by atoms with Gasteiger partial charge in [0.2, 0.25) is 5.89 Å². The second-order valence-electron chi connectivity index (χ2n) is 5.00. The fourth-order valence-electron chi connectivity index (χ4n) is 2.50. The van der Waals surface area contributed by atoms with Gasteiger partial charge in [0.1, 0.15) is 6.26 Å². The van der Waals surface area contributed by atoms with Crippen LogP contribution in [-0.4, -0.2) is 30.6 Å². The predicted molar refractivity (Wildman–Crippen MR) is 79.3 cm³/mol. The summed E-state index contributed by atoms with van der Waals surface area (Å²) in [5, 5.41) is 0. The number of nitrogens with zero attached hydrogens (tertiary/aromatic N) is 2. The van der Waals surface area contributed by atoms with Crippen molar-refractivity contribution in [1.82, 2.24) is 4.98 Å². The van der Waals surface area contributed by atoms with Crippen molar-refractivity contribution in [2.24, 2.45) is 0 Å². The molecule has 1 aliphatic rings. The number of esters is 1. The van der Waals surface area contributed by atoms with Crippen molar-refractivity contribution in [3.63, 3.8) is 0 Å². The minimum atomic E-state index is -0.457. The third kappa shape index (κ3) is 2.91. The monoisotopic (exact) mass is 286 g/mol. The van der Waals surface area contributed by atoms with Gasteiger partial charge in [0, 0.05) is 24.3 Å². The van der Waals surface area contributed by atoms with Crippen LogP contribution in [0.15, 0.2) is 34.9 Å². The Balaban J connectivity index is 1.76. The van der Waals surface area contributed by atoms with Crippen LogP contribution in [0.5, 0.6) is 0 Å². The number of ether oxygens (including phenoxy) is 1. The molecule has 110 valence electrons. The largest absolute Gasteiger partial charge is 0.461 e. The SMILES string of the molecule is CCOC(=O)c1coc(-c2ccc(N3CCCC3)cc2)n1. The van der Waals surface area contributed by atoms with Gasteiger partial charge < -0.3 is 14.1 Å². The molecular weight excluding hydrogens is 268 g/mol. The second-order valence-corrected chi connectivity index (χ2v) is 5.00. The number of oxazole rings is 1. The Bertz CT molecular complexity index is 613. The molecule has 3 rings (SSSR count). The number of anilines is 1. The molecule has 1 aromatic heterocycles. The molecule has 0 atom stereocenters. The molecule has 0 radical (unpaired) electrons. The maximum absolute atomic E-state index is 11.6. The van der Waals surface area contributed by atoms with Gasteiger partial charge in [-0.2, -0.15) is 0 Å². The van der Waals surface area contributed by atoms with Crippen molar-refractivity contribution in [2.45, 2.75) is 19.8 Å². The third-order valence-electron chi connectivity index (χ3n) is 3.57. The van der Waals surface area contributed by atoms with Gasteiger partial charge in [-0.05, 0) is 44.0 Å². The second kappa shape index (κ2) is 5.99. The maximum Gasteiger partial charge on any atom is 0.360 e. The highest BCUT2D eigenvalue weighted by atomic mass is 16.5.